The van der Waals surface area contributed by atoms with E-state index in [0.29, 0.717) is 18.4 Å². The van der Waals surface area contributed by atoms with Gasteiger partial charge in [-0.15, -0.1) is 0 Å². The van der Waals surface area contributed by atoms with E-state index < -0.39 is 0 Å². The van der Waals surface area contributed by atoms with Crippen LogP contribution in [0.5, 0.6) is 0 Å². The normalized spacial score (nSPS) is 24.8. The molecule has 0 spiro atoms. The van der Waals surface area contributed by atoms with E-state index >= 15 is 0 Å². The van der Waals surface area contributed by atoms with Gasteiger partial charge in [0.25, 0.3) is 0 Å². The Balaban J connectivity index is 1.75. The van der Waals surface area contributed by atoms with Gasteiger partial charge in [-0.05, 0) is 30.5 Å². The van der Waals surface area contributed by atoms with Gasteiger partial charge in [0.1, 0.15) is 0 Å². The molecule has 0 radical (unpaired) electrons. The lowest BCUT2D eigenvalue weighted by Gasteiger charge is -2.55. The quantitative estimate of drug-likeness (QED) is 0.743. The van der Waals surface area contributed by atoms with Crippen LogP contribution in [-0.2, 0) is 4.79 Å². The van der Waals surface area contributed by atoms with Gasteiger partial charge in [-0.1, -0.05) is 57.6 Å². The van der Waals surface area contributed by atoms with E-state index in [-0.39, 0.29) is 30.5 Å². The summed E-state index contributed by atoms with van der Waals surface area (Å²) in [7, 11) is 0. The van der Waals surface area contributed by atoms with Crippen LogP contribution in [0.1, 0.15) is 69.9 Å². The van der Waals surface area contributed by atoms with Gasteiger partial charge in [-0.2, -0.15) is 0 Å². The molecular weight excluding hydrogens is 348 g/mol. The number of aliphatic hydroxyl groups excluding tert-OH is 1. The molecule has 1 aliphatic carbocycles. The number of benzene rings is 1. The number of likely N-dealkylation sites (tertiary alicyclic amines) is 1. The molecule has 4 heteroatoms. The lowest BCUT2D eigenvalue weighted by molar-refractivity contribution is -0.150. The minimum Gasteiger partial charge on any atom is -0.394 e. The molecule has 28 heavy (non-hydrogen) atoms. The maximum Gasteiger partial charge on any atom is 0.222 e. The standard InChI is InChI=1S/C24H34N2O2/c1-4-23(28)26-21(15-25-17(2)3)24(22(26)16-27)20-13-11-19(12-14-20)10-9-18-7-5-6-8-18/h11-14,17-18,21-22,24-25,27H,4-8,15-16H2,1-3H3/t21-,22+,24+/m0/s1. The highest BCUT2D eigenvalue weighted by molar-refractivity contribution is 5.78. The summed E-state index contributed by atoms with van der Waals surface area (Å²) < 4.78 is 0. The van der Waals surface area contributed by atoms with Crippen LogP contribution < -0.4 is 5.32 Å². The second-order valence-corrected chi connectivity index (χ2v) is 8.43. The first-order chi connectivity index (χ1) is 13.5. The summed E-state index contributed by atoms with van der Waals surface area (Å²) in [5, 5.41) is 13.4. The predicted octanol–water partition coefficient (Wildman–Crippen LogP) is 3.29. The van der Waals surface area contributed by atoms with Crippen molar-refractivity contribution in [3.63, 3.8) is 0 Å². The van der Waals surface area contributed by atoms with Crippen LogP contribution in [0.3, 0.4) is 0 Å². The van der Waals surface area contributed by atoms with Crippen molar-refractivity contribution in [1.29, 1.82) is 0 Å². The lowest BCUT2D eigenvalue weighted by atomic mass is 9.74. The lowest BCUT2D eigenvalue weighted by Crippen LogP contribution is -2.68. The van der Waals surface area contributed by atoms with Crippen molar-refractivity contribution in [2.75, 3.05) is 13.2 Å². The van der Waals surface area contributed by atoms with E-state index in [1.165, 1.54) is 31.2 Å². The molecule has 4 nitrogen and oxygen atoms in total. The Kier molecular flexibility index (Phi) is 7.15. The highest BCUT2D eigenvalue weighted by Crippen LogP contribution is 2.41. The van der Waals surface area contributed by atoms with E-state index in [0.717, 1.165) is 12.1 Å². The Labute approximate surface area is 169 Å². The molecule has 0 bridgehead atoms. The van der Waals surface area contributed by atoms with Crippen LogP contribution in [-0.4, -0.2) is 47.2 Å². The summed E-state index contributed by atoms with van der Waals surface area (Å²) in [5.74, 6) is 7.57. The number of nitrogens with zero attached hydrogens (tertiary/aromatic N) is 1. The van der Waals surface area contributed by atoms with Gasteiger partial charge in [-0.25, -0.2) is 0 Å². The molecule has 1 saturated carbocycles. The maximum absolute atomic E-state index is 12.4. The van der Waals surface area contributed by atoms with Gasteiger partial charge in [0.05, 0.1) is 18.7 Å². The van der Waals surface area contributed by atoms with Crippen molar-refractivity contribution < 1.29 is 9.90 Å². The molecular formula is C24H34N2O2. The SMILES string of the molecule is CCC(=O)N1[C@H](CO)[C@H](c2ccc(C#CC3CCCC3)cc2)[C@@H]1CNC(C)C. The van der Waals surface area contributed by atoms with Crippen molar-refractivity contribution in [3.05, 3.63) is 35.4 Å². The highest BCUT2D eigenvalue weighted by Gasteiger charge is 2.50. The Morgan fingerprint density at radius 1 is 1.21 bits per heavy atom. The number of nitrogens with one attached hydrogen (secondary N) is 1. The Bertz CT molecular complexity index is 710. The van der Waals surface area contributed by atoms with Gasteiger partial charge < -0.3 is 15.3 Å². The van der Waals surface area contributed by atoms with E-state index in [4.69, 9.17) is 0 Å². The largest absolute Gasteiger partial charge is 0.394 e. The smallest absolute Gasteiger partial charge is 0.222 e. The van der Waals surface area contributed by atoms with Gasteiger partial charge in [-0.3, -0.25) is 4.79 Å². The van der Waals surface area contributed by atoms with Gasteiger partial charge in [0, 0.05) is 36.4 Å². The number of rotatable bonds is 6. The van der Waals surface area contributed by atoms with Crippen LogP contribution in [0, 0.1) is 17.8 Å². The maximum atomic E-state index is 12.4. The second-order valence-electron chi connectivity index (χ2n) is 8.43. The average molecular weight is 383 g/mol. The zero-order valence-electron chi connectivity index (χ0n) is 17.4. The number of hydrogen-bond acceptors (Lipinski definition) is 3. The molecule has 0 unspecified atom stereocenters. The average Bonchev–Trinajstić information content (AvgIpc) is 3.20. The first-order valence-corrected chi connectivity index (χ1v) is 10.8. The fourth-order valence-electron chi connectivity index (χ4n) is 4.57. The van der Waals surface area contributed by atoms with Crippen molar-refractivity contribution in [2.45, 2.75) is 76.9 Å². The number of carbonyl (C=O) groups excluding carboxylic acids is 1. The van der Waals surface area contributed by atoms with Crippen LogP contribution >= 0.6 is 0 Å². The summed E-state index contributed by atoms with van der Waals surface area (Å²) in [6, 6.07) is 8.74. The first kappa shape index (κ1) is 20.9. The predicted molar refractivity (Wildman–Crippen MR) is 113 cm³/mol. The topological polar surface area (TPSA) is 52.6 Å². The number of aliphatic hydroxyl groups is 1. The molecule has 2 fully saturated rings. The summed E-state index contributed by atoms with van der Waals surface area (Å²) >= 11 is 0. The number of carbonyl (C=O) groups is 1. The van der Waals surface area contributed by atoms with E-state index in [1.54, 1.807) is 0 Å². The minimum absolute atomic E-state index is 0.00216. The molecule has 0 aromatic heterocycles. The van der Waals surface area contributed by atoms with Crippen molar-refractivity contribution in [2.24, 2.45) is 5.92 Å². The van der Waals surface area contributed by atoms with Gasteiger partial charge in [0.15, 0.2) is 0 Å². The molecule has 1 heterocycles. The zero-order valence-corrected chi connectivity index (χ0v) is 17.4. The molecule has 3 atom stereocenters. The first-order valence-electron chi connectivity index (χ1n) is 10.8. The van der Waals surface area contributed by atoms with Crippen molar-refractivity contribution >= 4 is 5.91 Å². The Morgan fingerprint density at radius 2 is 1.89 bits per heavy atom. The molecule has 1 aromatic rings. The van der Waals surface area contributed by atoms with E-state index in [9.17, 15) is 9.90 Å². The molecule has 2 aliphatic rings. The molecule has 2 N–H and O–H groups in total. The van der Waals surface area contributed by atoms with Crippen molar-refractivity contribution in [1.82, 2.24) is 10.2 Å². The molecule has 1 aromatic carbocycles. The van der Waals surface area contributed by atoms with Gasteiger partial charge in [0.2, 0.25) is 5.91 Å². The van der Waals surface area contributed by atoms with Crippen LogP contribution in [0.4, 0.5) is 0 Å². The number of amides is 1. The highest BCUT2D eigenvalue weighted by atomic mass is 16.3. The van der Waals surface area contributed by atoms with Crippen LogP contribution in [0.2, 0.25) is 0 Å². The number of hydrogen-bond donors (Lipinski definition) is 2. The zero-order chi connectivity index (χ0) is 20.1. The fraction of sp³-hybridized carbons (Fsp3) is 0.625. The molecule has 1 saturated heterocycles. The van der Waals surface area contributed by atoms with Crippen LogP contribution in [0.15, 0.2) is 24.3 Å². The van der Waals surface area contributed by atoms with E-state index in [2.05, 4.69) is 55.3 Å². The summed E-state index contributed by atoms with van der Waals surface area (Å²) in [6.07, 6.45) is 5.55. The molecule has 152 valence electrons. The Hall–Kier alpha value is -1.83. The Morgan fingerprint density at radius 3 is 2.46 bits per heavy atom. The summed E-state index contributed by atoms with van der Waals surface area (Å²) in [6.45, 7) is 6.85. The monoisotopic (exact) mass is 382 g/mol. The summed E-state index contributed by atoms with van der Waals surface area (Å²) in [5.41, 5.74) is 2.23. The van der Waals surface area contributed by atoms with Gasteiger partial charge >= 0.3 is 0 Å². The minimum atomic E-state index is -0.137. The second kappa shape index (κ2) is 9.58. The third kappa shape index (κ3) is 4.59. The van der Waals surface area contributed by atoms with Crippen molar-refractivity contribution in [3.8, 4) is 11.8 Å². The third-order valence-corrected chi connectivity index (χ3v) is 6.13. The molecule has 3 rings (SSSR count). The molecule has 1 amide bonds. The van der Waals surface area contributed by atoms with E-state index in [1.807, 2.05) is 11.8 Å². The van der Waals surface area contributed by atoms with Crippen LogP contribution in [0.25, 0.3) is 0 Å². The fourth-order valence-corrected chi connectivity index (χ4v) is 4.57. The third-order valence-electron chi connectivity index (χ3n) is 6.13. The summed E-state index contributed by atoms with van der Waals surface area (Å²) in [4.78, 5) is 14.3. The molecule has 1 aliphatic heterocycles.